The summed E-state index contributed by atoms with van der Waals surface area (Å²) < 4.78 is 47.2. The zero-order valence-corrected chi connectivity index (χ0v) is 19.6. The van der Waals surface area contributed by atoms with Gasteiger partial charge in [-0.15, -0.1) is 0 Å². The van der Waals surface area contributed by atoms with Gasteiger partial charge >= 0.3 is 6.18 Å². The molecule has 0 atom stereocenters. The van der Waals surface area contributed by atoms with Gasteiger partial charge in [-0.25, -0.2) is 4.98 Å². The Bertz CT molecular complexity index is 953. The summed E-state index contributed by atoms with van der Waals surface area (Å²) in [5, 5.41) is 3.43. The van der Waals surface area contributed by atoms with E-state index in [0.717, 1.165) is 35.2 Å². The number of thioether (sulfide) groups is 1. The zero-order chi connectivity index (χ0) is 23.5. The van der Waals surface area contributed by atoms with Crippen LogP contribution >= 0.6 is 11.8 Å². The number of ether oxygens (including phenoxy) is 1. The highest BCUT2D eigenvalue weighted by Crippen LogP contribution is 2.36. The summed E-state index contributed by atoms with van der Waals surface area (Å²) >= 11 is 1.29. The molecule has 0 unspecified atom stereocenters. The van der Waals surface area contributed by atoms with E-state index in [4.69, 9.17) is 4.74 Å². The fraction of sp³-hybridized carbons (Fsp3) is 0.545. The van der Waals surface area contributed by atoms with Crippen molar-refractivity contribution in [2.45, 2.75) is 45.6 Å². The number of alkyl halides is 3. The second kappa shape index (κ2) is 10.2. The van der Waals surface area contributed by atoms with Crippen LogP contribution in [-0.2, 0) is 22.3 Å². The van der Waals surface area contributed by atoms with Crippen molar-refractivity contribution in [1.82, 2.24) is 9.55 Å². The molecule has 32 heavy (non-hydrogen) atoms. The number of aromatic nitrogens is 2. The SMILES string of the molecule is Cc1nc(SCC(=O)Nc2cc(C(F)(F)F)ccc2N2CCOCC2)n(CC(C)C)c1C. The average Bonchev–Trinajstić information content (AvgIpc) is 2.99. The molecule has 2 heterocycles. The summed E-state index contributed by atoms with van der Waals surface area (Å²) in [4.78, 5) is 19.2. The largest absolute Gasteiger partial charge is 0.416 e. The van der Waals surface area contributed by atoms with Crippen molar-refractivity contribution in [3.05, 3.63) is 35.2 Å². The fourth-order valence-electron chi connectivity index (χ4n) is 3.52. The third kappa shape index (κ3) is 5.98. The van der Waals surface area contributed by atoms with Crippen LogP contribution in [-0.4, -0.2) is 47.5 Å². The highest BCUT2D eigenvalue weighted by Gasteiger charge is 2.32. The van der Waals surface area contributed by atoms with Gasteiger partial charge in [0.15, 0.2) is 5.16 Å². The molecule has 0 saturated carbocycles. The van der Waals surface area contributed by atoms with E-state index in [-0.39, 0.29) is 17.3 Å². The Morgan fingerprint density at radius 2 is 1.94 bits per heavy atom. The Morgan fingerprint density at radius 3 is 2.56 bits per heavy atom. The molecule has 1 aromatic heterocycles. The van der Waals surface area contributed by atoms with Gasteiger partial charge < -0.3 is 19.5 Å². The summed E-state index contributed by atoms with van der Waals surface area (Å²) in [5.41, 5.74) is 1.88. The van der Waals surface area contributed by atoms with Crippen LogP contribution in [0.15, 0.2) is 23.4 Å². The predicted molar refractivity (Wildman–Crippen MR) is 120 cm³/mol. The topological polar surface area (TPSA) is 59.4 Å². The number of rotatable bonds is 7. The number of hydrogen-bond donors (Lipinski definition) is 1. The molecular formula is C22H29F3N4O2S. The van der Waals surface area contributed by atoms with E-state index in [9.17, 15) is 18.0 Å². The van der Waals surface area contributed by atoms with E-state index < -0.39 is 11.7 Å². The molecule has 1 N–H and O–H groups in total. The quantitative estimate of drug-likeness (QED) is 0.593. The Kier molecular flexibility index (Phi) is 7.76. The van der Waals surface area contributed by atoms with Crippen molar-refractivity contribution in [3.8, 4) is 0 Å². The van der Waals surface area contributed by atoms with E-state index in [1.807, 2.05) is 18.7 Å². The van der Waals surface area contributed by atoms with Crippen LogP contribution in [0.2, 0.25) is 0 Å². The molecule has 176 valence electrons. The fourth-order valence-corrected chi connectivity index (χ4v) is 4.42. The summed E-state index contributed by atoms with van der Waals surface area (Å²) in [6.07, 6.45) is -4.49. The third-order valence-corrected chi connectivity index (χ3v) is 6.23. The lowest BCUT2D eigenvalue weighted by Gasteiger charge is -2.31. The molecule has 3 rings (SSSR count). The molecule has 1 aliphatic heterocycles. The third-order valence-electron chi connectivity index (χ3n) is 5.25. The number of benzene rings is 1. The molecule has 0 aliphatic carbocycles. The predicted octanol–water partition coefficient (Wildman–Crippen LogP) is 4.74. The Morgan fingerprint density at radius 1 is 1.25 bits per heavy atom. The smallest absolute Gasteiger partial charge is 0.378 e. The maximum Gasteiger partial charge on any atom is 0.416 e. The van der Waals surface area contributed by atoms with Crippen molar-refractivity contribution in [2.75, 3.05) is 42.3 Å². The van der Waals surface area contributed by atoms with E-state index in [1.165, 1.54) is 17.8 Å². The zero-order valence-electron chi connectivity index (χ0n) is 18.8. The molecule has 1 aromatic carbocycles. The number of nitrogens with one attached hydrogen (secondary N) is 1. The van der Waals surface area contributed by atoms with Crippen LogP contribution in [0, 0.1) is 19.8 Å². The van der Waals surface area contributed by atoms with Crippen LogP contribution < -0.4 is 10.2 Å². The van der Waals surface area contributed by atoms with E-state index >= 15 is 0 Å². The van der Waals surface area contributed by atoms with E-state index in [2.05, 4.69) is 28.7 Å². The first-order valence-corrected chi connectivity index (χ1v) is 11.5. The van der Waals surface area contributed by atoms with Crippen molar-refractivity contribution >= 4 is 29.0 Å². The molecule has 6 nitrogen and oxygen atoms in total. The molecule has 10 heteroatoms. The van der Waals surface area contributed by atoms with Gasteiger partial charge in [0, 0.05) is 25.3 Å². The van der Waals surface area contributed by atoms with E-state index in [0.29, 0.717) is 37.9 Å². The van der Waals surface area contributed by atoms with Gasteiger partial charge in [0.1, 0.15) is 0 Å². The number of imidazole rings is 1. The number of aryl methyl sites for hydroxylation is 1. The van der Waals surface area contributed by atoms with Crippen molar-refractivity contribution in [1.29, 1.82) is 0 Å². The van der Waals surface area contributed by atoms with Gasteiger partial charge in [0.25, 0.3) is 0 Å². The summed E-state index contributed by atoms with van der Waals surface area (Å²) in [7, 11) is 0. The normalized spacial score (nSPS) is 14.8. The number of halogens is 3. The maximum atomic E-state index is 13.3. The summed E-state index contributed by atoms with van der Waals surface area (Å²) in [6, 6.07) is 3.46. The van der Waals surface area contributed by atoms with Gasteiger partial charge in [0.05, 0.1) is 41.6 Å². The number of carbonyl (C=O) groups is 1. The molecule has 2 aromatic rings. The lowest BCUT2D eigenvalue weighted by atomic mass is 10.1. The lowest BCUT2D eigenvalue weighted by Crippen LogP contribution is -2.37. The Balaban J connectivity index is 1.77. The molecular weight excluding hydrogens is 441 g/mol. The Labute approximate surface area is 190 Å². The van der Waals surface area contributed by atoms with Gasteiger partial charge in [0.2, 0.25) is 5.91 Å². The van der Waals surface area contributed by atoms with Crippen LogP contribution in [0.5, 0.6) is 0 Å². The summed E-state index contributed by atoms with van der Waals surface area (Å²) in [5.74, 6) is 0.0853. The van der Waals surface area contributed by atoms with Gasteiger partial charge in [-0.3, -0.25) is 4.79 Å². The monoisotopic (exact) mass is 470 g/mol. The first-order valence-electron chi connectivity index (χ1n) is 10.6. The number of carbonyl (C=O) groups excluding carboxylic acids is 1. The van der Waals surface area contributed by atoms with Gasteiger partial charge in [-0.1, -0.05) is 25.6 Å². The second-order valence-electron chi connectivity index (χ2n) is 8.24. The van der Waals surface area contributed by atoms with Crippen molar-refractivity contribution in [3.63, 3.8) is 0 Å². The highest BCUT2D eigenvalue weighted by atomic mass is 32.2. The molecule has 1 saturated heterocycles. The number of nitrogens with zero attached hydrogens (tertiary/aromatic N) is 3. The lowest BCUT2D eigenvalue weighted by molar-refractivity contribution is -0.137. The first-order chi connectivity index (χ1) is 15.1. The average molecular weight is 471 g/mol. The number of hydrogen-bond acceptors (Lipinski definition) is 5. The molecule has 0 bridgehead atoms. The number of anilines is 2. The molecule has 0 radical (unpaired) electrons. The van der Waals surface area contributed by atoms with Gasteiger partial charge in [-0.2, -0.15) is 13.2 Å². The molecule has 0 spiro atoms. The number of amides is 1. The highest BCUT2D eigenvalue weighted by molar-refractivity contribution is 7.99. The minimum absolute atomic E-state index is 0.0484. The summed E-state index contributed by atoms with van der Waals surface area (Å²) in [6.45, 7) is 11.0. The minimum atomic E-state index is -4.49. The van der Waals surface area contributed by atoms with Crippen LogP contribution in [0.1, 0.15) is 30.8 Å². The van der Waals surface area contributed by atoms with Crippen molar-refractivity contribution in [2.24, 2.45) is 5.92 Å². The second-order valence-corrected chi connectivity index (χ2v) is 9.18. The molecule has 1 amide bonds. The van der Waals surface area contributed by atoms with E-state index in [1.54, 1.807) is 0 Å². The standard InChI is InChI=1S/C22H29F3N4O2S/c1-14(2)12-29-16(4)15(3)26-21(29)32-13-20(30)27-18-11-17(22(23,24)25)5-6-19(18)28-7-9-31-10-8-28/h5-6,11,14H,7-10,12-13H2,1-4H3,(H,27,30). The van der Waals surface area contributed by atoms with Gasteiger partial charge in [-0.05, 0) is 38.0 Å². The Hall–Kier alpha value is -2.20. The van der Waals surface area contributed by atoms with Crippen LogP contribution in [0.3, 0.4) is 0 Å². The molecule has 1 fully saturated rings. The molecule has 1 aliphatic rings. The van der Waals surface area contributed by atoms with Crippen LogP contribution in [0.4, 0.5) is 24.5 Å². The minimum Gasteiger partial charge on any atom is -0.378 e. The van der Waals surface area contributed by atoms with Crippen molar-refractivity contribution < 1.29 is 22.7 Å². The van der Waals surface area contributed by atoms with Crippen LogP contribution in [0.25, 0.3) is 0 Å². The number of morpholine rings is 1. The first kappa shape index (κ1) is 24.4. The maximum absolute atomic E-state index is 13.3.